The van der Waals surface area contributed by atoms with E-state index in [2.05, 4.69) is 5.32 Å². The van der Waals surface area contributed by atoms with Gasteiger partial charge in [0.15, 0.2) is 5.54 Å². The molecule has 0 heterocycles. The summed E-state index contributed by atoms with van der Waals surface area (Å²) in [5.74, 6) is -1.35. The molecule has 2 rings (SSSR count). The fourth-order valence-electron chi connectivity index (χ4n) is 2.33. The SMILES string of the molecule is Cc1cc(C)cc(C(C)(Nc2ccc(F)cc2)C(=O)O)c1. The minimum atomic E-state index is -1.28. The van der Waals surface area contributed by atoms with Crippen LogP contribution < -0.4 is 5.32 Å². The summed E-state index contributed by atoms with van der Waals surface area (Å²) >= 11 is 0. The lowest BCUT2D eigenvalue weighted by atomic mass is 9.89. The number of carboxylic acid groups (broad SMARTS) is 1. The summed E-state index contributed by atoms with van der Waals surface area (Å²) in [6.07, 6.45) is 0. The summed E-state index contributed by atoms with van der Waals surface area (Å²) in [4.78, 5) is 11.8. The van der Waals surface area contributed by atoms with Crippen molar-refractivity contribution >= 4 is 11.7 Å². The topological polar surface area (TPSA) is 49.3 Å². The minimum absolute atomic E-state index is 0.357. The highest BCUT2D eigenvalue weighted by atomic mass is 19.1. The van der Waals surface area contributed by atoms with E-state index >= 15 is 0 Å². The van der Waals surface area contributed by atoms with Gasteiger partial charge in [0, 0.05) is 5.69 Å². The fraction of sp³-hybridized carbons (Fsp3) is 0.235. The summed E-state index contributed by atoms with van der Waals surface area (Å²) in [6, 6.07) is 11.3. The van der Waals surface area contributed by atoms with Gasteiger partial charge in [-0.15, -0.1) is 0 Å². The van der Waals surface area contributed by atoms with Crippen molar-refractivity contribution in [1.29, 1.82) is 0 Å². The van der Waals surface area contributed by atoms with Crippen LogP contribution in [0, 0.1) is 19.7 Å². The second-order valence-corrected chi connectivity index (χ2v) is 5.44. The Labute approximate surface area is 123 Å². The number of hydrogen-bond donors (Lipinski definition) is 2. The minimum Gasteiger partial charge on any atom is -0.479 e. The first-order valence-electron chi connectivity index (χ1n) is 6.67. The van der Waals surface area contributed by atoms with Crippen molar-refractivity contribution < 1.29 is 14.3 Å². The maximum absolute atomic E-state index is 13.0. The lowest BCUT2D eigenvalue weighted by Gasteiger charge is -2.28. The zero-order chi connectivity index (χ0) is 15.6. The average Bonchev–Trinajstić information content (AvgIpc) is 2.40. The Morgan fingerprint density at radius 3 is 2.10 bits per heavy atom. The summed E-state index contributed by atoms with van der Waals surface area (Å²) < 4.78 is 13.0. The molecule has 0 bridgehead atoms. The van der Waals surface area contributed by atoms with E-state index in [1.807, 2.05) is 32.0 Å². The molecule has 0 aliphatic rings. The van der Waals surface area contributed by atoms with Crippen LogP contribution >= 0.6 is 0 Å². The van der Waals surface area contributed by atoms with Crippen LogP contribution in [-0.2, 0) is 10.3 Å². The van der Waals surface area contributed by atoms with Gasteiger partial charge in [-0.1, -0.05) is 29.3 Å². The van der Waals surface area contributed by atoms with E-state index < -0.39 is 11.5 Å². The van der Waals surface area contributed by atoms with Gasteiger partial charge in [-0.2, -0.15) is 0 Å². The molecule has 0 fully saturated rings. The van der Waals surface area contributed by atoms with Crippen LogP contribution in [0.2, 0.25) is 0 Å². The summed E-state index contributed by atoms with van der Waals surface area (Å²) in [7, 11) is 0. The van der Waals surface area contributed by atoms with Gasteiger partial charge in [0.25, 0.3) is 0 Å². The van der Waals surface area contributed by atoms with E-state index in [0.717, 1.165) is 11.1 Å². The molecule has 2 N–H and O–H groups in total. The molecule has 0 saturated heterocycles. The Bertz CT molecular complexity index is 647. The number of benzene rings is 2. The standard InChI is InChI=1S/C17H18FNO2/c1-11-8-12(2)10-13(9-11)17(3,16(20)21)19-15-6-4-14(18)5-7-15/h4-10,19H,1-3H3,(H,20,21). The first-order valence-corrected chi connectivity index (χ1v) is 6.67. The lowest BCUT2D eigenvalue weighted by molar-refractivity contribution is -0.142. The molecular weight excluding hydrogens is 269 g/mol. The molecule has 1 unspecified atom stereocenters. The van der Waals surface area contributed by atoms with Crippen LogP contribution in [0.4, 0.5) is 10.1 Å². The largest absolute Gasteiger partial charge is 0.479 e. The van der Waals surface area contributed by atoms with Crippen molar-refractivity contribution in [3.8, 4) is 0 Å². The van der Waals surface area contributed by atoms with Crippen LogP contribution in [0.25, 0.3) is 0 Å². The summed E-state index contributed by atoms with van der Waals surface area (Å²) in [6.45, 7) is 5.46. The third-order valence-corrected chi connectivity index (χ3v) is 3.47. The van der Waals surface area contributed by atoms with Crippen molar-refractivity contribution in [3.63, 3.8) is 0 Å². The van der Waals surface area contributed by atoms with Gasteiger partial charge in [0.05, 0.1) is 0 Å². The number of hydrogen-bond acceptors (Lipinski definition) is 2. The molecule has 0 radical (unpaired) electrons. The van der Waals surface area contributed by atoms with Crippen molar-refractivity contribution in [2.45, 2.75) is 26.3 Å². The molecular formula is C17H18FNO2. The molecule has 0 saturated carbocycles. The lowest BCUT2D eigenvalue weighted by Crippen LogP contribution is -2.40. The van der Waals surface area contributed by atoms with Gasteiger partial charge < -0.3 is 10.4 Å². The average molecular weight is 287 g/mol. The van der Waals surface area contributed by atoms with Crippen LogP contribution in [-0.4, -0.2) is 11.1 Å². The van der Waals surface area contributed by atoms with Crippen LogP contribution in [0.1, 0.15) is 23.6 Å². The van der Waals surface area contributed by atoms with Gasteiger partial charge in [0.2, 0.25) is 0 Å². The monoisotopic (exact) mass is 287 g/mol. The first kappa shape index (κ1) is 15.0. The molecule has 2 aromatic rings. The van der Waals surface area contributed by atoms with Gasteiger partial charge in [-0.05, 0) is 50.6 Å². The molecule has 0 spiro atoms. The quantitative estimate of drug-likeness (QED) is 0.898. The van der Waals surface area contributed by atoms with Gasteiger partial charge >= 0.3 is 5.97 Å². The van der Waals surface area contributed by atoms with E-state index in [0.29, 0.717) is 11.3 Å². The van der Waals surface area contributed by atoms with E-state index in [-0.39, 0.29) is 5.82 Å². The Balaban J connectivity index is 2.44. The van der Waals surface area contributed by atoms with Crippen LogP contribution in [0.5, 0.6) is 0 Å². The fourth-order valence-corrected chi connectivity index (χ4v) is 2.33. The number of anilines is 1. The third kappa shape index (κ3) is 3.21. The van der Waals surface area contributed by atoms with E-state index in [4.69, 9.17) is 0 Å². The zero-order valence-electron chi connectivity index (χ0n) is 12.3. The number of aryl methyl sites for hydroxylation is 2. The molecule has 0 aromatic heterocycles. The van der Waals surface area contributed by atoms with Crippen molar-refractivity contribution in [3.05, 3.63) is 65.0 Å². The van der Waals surface area contributed by atoms with Crippen molar-refractivity contribution in [1.82, 2.24) is 0 Å². The van der Waals surface area contributed by atoms with Gasteiger partial charge in [0.1, 0.15) is 5.82 Å². The Hall–Kier alpha value is -2.36. The summed E-state index contributed by atoms with van der Waals surface area (Å²) in [5.41, 5.74) is 1.93. The number of carboxylic acids is 1. The second kappa shape index (κ2) is 5.56. The maximum atomic E-state index is 13.0. The second-order valence-electron chi connectivity index (χ2n) is 5.44. The molecule has 2 aromatic carbocycles. The number of nitrogens with one attached hydrogen (secondary N) is 1. The predicted octanol–water partition coefficient (Wildman–Crippen LogP) is 3.85. The molecule has 21 heavy (non-hydrogen) atoms. The Morgan fingerprint density at radius 2 is 1.62 bits per heavy atom. The molecule has 0 amide bonds. The third-order valence-electron chi connectivity index (χ3n) is 3.47. The normalized spacial score (nSPS) is 13.5. The molecule has 110 valence electrons. The zero-order valence-corrected chi connectivity index (χ0v) is 12.3. The molecule has 4 heteroatoms. The number of carbonyl (C=O) groups is 1. The number of aliphatic carboxylic acids is 1. The van der Waals surface area contributed by atoms with E-state index in [1.165, 1.54) is 24.3 Å². The van der Waals surface area contributed by atoms with Crippen LogP contribution in [0.15, 0.2) is 42.5 Å². The highest BCUT2D eigenvalue weighted by molar-refractivity contribution is 5.84. The van der Waals surface area contributed by atoms with Gasteiger partial charge in [-0.25, -0.2) is 9.18 Å². The van der Waals surface area contributed by atoms with Gasteiger partial charge in [-0.3, -0.25) is 0 Å². The maximum Gasteiger partial charge on any atom is 0.333 e. The van der Waals surface area contributed by atoms with Crippen LogP contribution in [0.3, 0.4) is 0 Å². The Morgan fingerprint density at radius 1 is 1.10 bits per heavy atom. The highest BCUT2D eigenvalue weighted by Crippen LogP contribution is 2.28. The molecule has 1 atom stereocenters. The molecule has 0 aliphatic heterocycles. The predicted molar refractivity (Wildman–Crippen MR) is 80.9 cm³/mol. The van der Waals surface area contributed by atoms with Crippen molar-refractivity contribution in [2.75, 3.05) is 5.32 Å². The van der Waals surface area contributed by atoms with Crippen molar-refractivity contribution in [2.24, 2.45) is 0 Å². The van der Waals surface area contributed by atoms with E-state index in [1.54, 1.807) is 6.92 Å². The molecule has 3 nitrogen and oxygen atoms in total. The summed E-state index contributed by atoms with van der Waals surface area (Å²) in [5, 5.41) is 12.6. The highest BCUT2D eigenvalue weighted by Gasteiger charge is 2.35. The molecule has 0 aliphatic carbocycles. The Kier molecular flexibility index (Phi) is 3.98. The first-order chi connectivity index (χ1) is 9.81. The smallest absolute Gasteiger partial charge is 0.333 e. The number of halogens is 1. The number of rotatable bonds is 4. The van der Waals surface area contributed by atoms with E-state index in [9.17, 15) is 14.3 Å².